The molecule has 0 atom stereocenters. The van der Waals surface area contributed by atoms with Crippen LogP contribution >= 0.6 is 11.6 Å². The molecule has 1 aromatic heterocycles. The highest BCUT2D eigenvalue weighted by atomic mass is 35.5. The molecule has 0 unspecified atom stereocenters. The maximum Gasteiger partial charge on any atom is 0.229 e. The van der Waals surface area contributed by atoms with Crippen LogP contribution in [0.2, 0.25) is 5.02 Å². The number of carbonyl (C=O) groups excluding carboxylic acids is 1. The molecule has 5 nitrogen and oxygen atoms in total. The quantitative estimate of drug-likeness (QED) is 0.769. The lowest BCUT2D eigenvalue weighted by atomic mass is 10.1. The Morgan fingerprint density at radius 1 is 1.21 bits per heavy atom. The van der Waals surface area contributed by atoms with Crippen molar-refractivity contribution >= 4 is 23.3 Å². The van der Waals surface area contributed by atoms with Crippen molar-refractivity contribution in [3.05, 3.63) is 71.4 Å². The minimum absolute atomic E-state index is 0.139. The molecule has 24 heavy (non-hydrogen) atoms. The third-order valence-electron chi connectivity index (χ3n) is 3.43. The molecule has 0 aliphatic rings. The number of hydrogen-bond donors (Lipinski definition) is 1. The summed E-state index contributed by atoms with van der Waals surface area (Å²) in [6, 6.07) is 16.5. The number of aromatic nitrogens is 2. The average molecular weight is 342 g/mol. The van der Waals surface area contributed by atoms with E-state index in [1.54, 1.807) is 36.2 Å². The second kappa shape index (κ2) is 7.19. The van der Waals surface area contributed by atoms with Crippen molar-refractivity contribution in [3.8, 4) is 11.4 Å². The molecule has 1 N–H and O–H groups in total. The highest BCUT2D eigenvalue weighted by Crippen LogP contribution is 2.16. The van der Waals surface area contributed by atoms with Crippen LogP contribution in [0.25, 0.3) is 5.69 Å². The van der Waals surface area contributed by atoms with Gasteiger partial charge in [0, 0.05) is 17.3 Å². The number of nitrogens with one attached hydrogen (secondary N) is 1. The minimum Gasteiger partial charge on any atom is -0.497 e. The van der Waals surface area contributed by atoms with Gasteiger partial charge in [0.2, 0.25) is 5.91 Å². The van der Waals surface area contributed by atoms with Crippen LogP contribution in [-0.2, 0) is 11.2 Å². The van der Waals surface area contributed by atoms with Crippen molar-refractivity contribution in [2.45, 2.75) is 6.42 Å². The maximum atomic E-state index is 12.2. The molecule has 0 fully saturated rings. The molecule has 6 heteroatoms. The lowest BCUT2D eigenvalue weighted by Gasteiger charge is -2.05. The van der Waals surface area contributed by atoms with Gasteiger partial charge >= 0.3 is 0 Å². The largest absolute Gasteiger partial charge is 0.497 e. The van der Waals surface area contributed by atoms with Gasteiger partial charge < -0.3 is 10.1 Å². The Hall–Kier alpha value is -2.79. The third-order valence-corrected chi connectivity index (χ3v) is 3.66. The molecular formula is C18H16ClN3O2. The predicted molar refractivity (Wildman–Crippen MR) is 93.9 cm³/mol. The fourth-order valence-electron chi connectivity index (χ4n) is 2.31. The zero-order chi connectivity index (χ0) is 16.9. The van der Waals surface area contributed by atoms with Gasteiger partial charge in [-0.3, -0.25) is 4.79 Å². The van der Waals surface area contributed by atoms with E-state index in [2.05, 4.69) is 10.4 Å². The van der Waals surface area contributed by atoms with Gasteiger partial charge in [0.25, 0.3) is 0 Å². The van der Waals surface area contributed by atoms with Crippen LogP contribution in [0.15, 0.2) is 60.8 Å². The van der Waals surface area contributed by atoms with Crippen molar-refractivity contribution in [2.75, 3.05) is 12.4 Å². The van der Waals surface area contributed by atoms with E-state index in [1.807, 2.05) is 36.4 Å². The Bertz CT molecular complexity index is 861. The number of rotatable bonds is 5. The number of benzene rings is 2. The fraction of sp³-hybridized carbons (Fsp3) is 0.111. The van der Waals surface area contributed by atoms with Crippen LogP contribution in [0, 0.1) is 0 Å². The molecule has 3 rings (SSSR count). The number of anilines is 1. The number of carbonyl (C=O) groups is 1. The second-order valence-corrected chi connectivity index (χ2v) is 5.64. The van der Waals surface area contributed by atoms with E-state index >= 15 is 0 Å². The van der Waals surface area contributed by atoms with Gasteiger partial charge in [0.05, 0.1) is 19.2 Å². The first kappa shape index (κ1) is 16.1. The van der Waals surface area contributed by atoms with Crippen molar-refractivity contribution in [3.63, 3.8) is 0 Å². The van der Waals surface area contributed by atoms with Gasteiger partial charge in [-0.25, -0.2) is 4.68 Å². The molecule has 2 aromatic carbocycles. The van der Waals surface area contributed by atoms with Crippen molar-refractivity contribution < 1.29 is 9.53 Å². The summed E-state index contributed by atoms with van der Waals surface area (Å²) in [5.41, 5.74) is 1.71. The summed E-state index contributed by atoms with van der Waals surface area (Å²) < 4.78 is 6.82. The molecule has 1 heterocycles. The van der Waals surface area contributed by atoms with E-state index in [9.17, 15) is 4.79 Å². The van der Waals surface area contributed by atoms with Crippen LogP contribution in [0.4, 0.5) is 5.82 Å². The van der Waals surface area contributed by atoms with Crippen molar-refractivity contribution in [1.82, 2.24) is 9.78 Å². The number of ether oxygens (including phenoxy) is 1. The van der Waals surface area contributed by atoms with Gasteiger partial charge in [-0.1, -0.05) is 29.8 Å². The predicted octanol–water partition coefficient (Wildman–Crippen LogP) is 3.72. The zero-order valence-corrected chi connectivity index (χ0v) is 13.8. The molecule has 122 valence electrons. The smallest absolute Gasteiger partial charge is 0.229 e. The van der Waals surface area contributed by atoms with E-state index < -0.39 is 0 Å². The van der Waals surface area contributed by atoms with E-state index in [0.717, 1.165) is 17.0 Å². The average Bonchev–Trinajstić information content (AvgIpc) is 3.03. The summed E-state index contributed by atoms with van der Waals surface area (Å²) in [5.74, 6) is 1.08. The van der Waals surface area contributed by atoms with E-state index in [0.29, 0.717) is 10.8 Å². The Morgan fingerprint density at radius 2 is 2.04 bits per heavy atom. The van der Waals surface area contributed by atoms with Crippen LogP contribution in [0.5, 0.6) is 5.75 Å². The van der Waals surface area contributed by atoms with Crippen LogP contribution < -0.4 is 10.1 Å². The van der Waals surface area contributed by atoms with Crippen LogP contribution in [-0.4, -0.2) is 22.8 Å². The summed E-state index contributed by atoms with van der Waals surface area (Å²) in [4.78, 5) is 12.2. The van der Waals surface area contributed by atoms with E-state index in [-0.39, 0.29) is 12.3 Å². The number of halogens is 1. The van der Waals surface area contributed by atoms with Gasteiger partial charge in [0.15, 0.2) is 5.82 Å². The minimum atomic E-state index is -0.139. The summed E-state index contributed by atoms with van der Waals surface area (Å²) in [6.07, 6.45) is 2.02. The molecule has 0 saturated carbocycles. The zero-order valence-electron chi connectivity index (χ0n) is 13.1. The highest BCUT2D eigenvalue weighted by molar-refractivity contribution is 6.30. The summed E-state index contributed by atoms with van der Waals surface area (Å²) in [5, 5.41) is 7.76. The van der Waals surface area contributed by atoms with Crippen LogP contribution in [0.1, 0.15) is 5.56 Å². The maximum absolute atomic E-state index is 12.2. The first-order valence-corrected chi connectivity index (χ1v) is 7.76. The van der Waals surface area contributed by atoms with E-state index in [1.165, 1.54) is 0 Å². The molecule has 0 aliphatic carbocycles. The lowest BCUT2D eigenvalue weighted by Crippen LogP contribution is -2.15. The summed E-state index contributed by atoms with van der Waals surface area (Å²) in [7, 11) is 1.60. The summed E-state index contributed by atoms with van der Waals surface area (Å²) in [6.45, 7) is 0. The Morgan fingerprint density at radius 3 is 2.83 bits per heavy atom. The number of hydrogen-bond acceptors (Lipinski definition) is 3. The number of methoxy groups -OCH3 is 1. The van der Waals surface area contributed by atoms with Crippen molar-refractivity contribution in [2.24, 2.45) is 0 Å². The van der Waals surface area contributed by atoms with Gasteiger partial charge in [0.1, 0.15) is 5.75 Å². The Balaban J connectivity index is 1.67. The van der Waals surface area contributed by atoms with E-state index in [4.69, 9.17) is 16.3 Å². The number of nitrogens with zero attached hydrogens (tertiary/aromatic N) is 2. The Labute approximate surface area is 144 Å². The molecule has 0 aliphatic heterocycles. The molecule has 0 bridgehead atoms. The number of amides is 1. The van der Waals surface area contributed by atoms with Crippen molar-refractivity contribution in [1.29, 1.82) is 0 Å². The molecule has 0 radical (unpaired) electrons. The SMILES string of the molecule is COc1cccc(CC(=O)Nc2ccn(-c3cccc(Cl)c3)n2)c1. The van der Waals surface area contributed by atoms with Crippen LogP contribution in [0.3, 0.4) is 0 Å². The molecular weight excluding hydrogens is 326 g/mol. The first-order chi connectivity index (χ1) is 11.6. The molecule has 1 amide bonds. The fourth-order valence-corrected chi connectivity index (χ4v) is 2.49. The Kier molecular flexibility index (Phi) is 4.82. The third kappa shape index (κ3) is 3.94. The molecule has 0 saturated heterocycles. The van der Waals surface area contributed by atoms with Gasteiger partial charge in [-0.2, -0.15) is 5.10 Å². The molecule has 3 aromatic rings. The molecule has 0 spiro atoms. The standard InChI is InChI=1S/C18H16ClN3O2/c1-24-16-7-2-4-13(10-16)11-18(23)20-17-8-9-22(21-17)15-6-3-5-14(19)12-15/h2-10,12H,11H2,1H3,(H,20,21,23). The first-order valence-electron chi connectivity index (χ1n) is 7.38. The topological polar surface area (TPSA) is 56.1 Å². The summed E-state index contributed by atoms with van der Waals surface area (Å²) >= 11 is 5.98. The normalized spacial score (nSPS) is 10.4. The lowest BCUT2D eigenvalue weighted by molar-refractivity contribution is -0.115. The second-order valence-electron chi connectivity index (χ2n) is 5.20. The van der Waals surface area contributed by atoms with Gasteiger partial charge in [-0.15, -0.1) is 0 Å². The monoisotopic (exact) mass is 341 g/mol. The van der Waals surface area contributed by atoms with Gasteiger partial charge in [-0.05, 0) is 35.9 Å². The highest BCUT2D eigenvalue weighted by Gasteiger charge is 2.08.